The Morgan fingerprint density at radius 3 is 2.89 bits per heavy atom. The van der Waals surface area contributed by atoms with E-state index in [9.17, 15) is 10.1 Å². The number of rotatable bonds is 8. The number of anilines is 1. The Kier molecular flexibility index (Phi) is 8.08. The van der Waals surface area contributed by atoms with Gasteiger partial charge in [-0.25, -0.2) is 9.83 Å². The first-order valence-corrected chi connectivity index (χ1v) is 12.3. The maximum Gasteiger partial charge on any atom is 0.269 e. The highest BCUT2D eigenvalue weighted by molar-refractivity contribution is 7.98. The molecule has 0 bridgehead atoms. The maximum atomic E-state index is 11.9. The largest absolute Gasteiger partial charge is 0.493 e. The molecule has 0 saturated carbocycles. The van der Waals surface area contributed by atoms with Gasteiger partial charge in [0.1, 0.15) is 28.7 Å². The number of aromatic nitrogens is 2. The smallest absolute Gasteiger partial charge is 0.269 e. The van der Waals surface area contributed by atoms with Gasteiger partial charge in [-0.15, -0.1) is 11.8 Å². The number of nitrogens with zero attached hydrogens (tertiary/aromatic N) is 4. The van der Waals surface area contributed by atoms with Gasteiger partial charge in [-0.1, -0.05) is 6.07 Å². The molecule has 3 heterocycles. The Bertz CT molecular complexity index is 1410. The molecule has 11 heteroatoms. The van der Waals surface area contributed by atoms with Gasteiger partial charge in [-0.3, -0.25) is 9.78 Å². The molecule has 0 spiro atoms. The number of thioether (sulfide) groups is 1. The number of carbonyl (C=O) groups excluding carboxylic acids is 1. The molecule has 1 saturated heterocycles. The number of nitrogens with two attached hydrogens (primary N) is 1. The molecule has 1 aliphatic rings. The lowest BCUT2D eigenvalue weighted by molar-refractivity contribution is 0.0958. The van der Waals surface area contributed by atoms with Crippen molar-refractivity contribution in [2.45, 2.75) is 23.3 Å². The molecule has 188 valence electrons. The van der Waals surface area contributed by atoms with Crippen LogP contribution in [0.3, 0.4) is 0 Å². The predicted molar refractivity (Wildman–Crippen MR) is 139 cm³/mol. The van der Waals surface area contributed by atoms with E-state index in [1.165, 1.54) is 25.9 Å². The summed E-state index contributed by atoms with van der Waals surface area (Å²) in [4.78, 5) is 23.9. The minimum absolute atomic E-state index is 0.0228. The average Bonchev–Trinajstić information content (AvgIpc) is 3.44. The van der Waals surface area contributed by atoms with Crippen LogP contribution in [0.15, 0.2) is 41.6 Å². The van der Waals surface area contributed by atoms with Gasteiger partial charge in [0, 0.05) is 31.0 Å². The van der Waals surface area contributed by atoms with Crippen LogP contribution in [0.25, 0.3) is 16.0 Å². The van der Waals surface area contributed by atoms with Gasteiger partial charge in [0.25, 0.3) is 5.91 Å². The normalized spacial score (nSPS) is 14.4. The first-order valence-electron chi connectivity index (χ1n) is 11.3. The molecule has 1 aromatic carbocycles. The molecule has 2 aromatic heterocycles. The highest BCUT2D eigenvalue weighted by Crippen LogP contribution is 2.44. The number of hydrogen-bond donors (Lipinski definition) is 2. The fraction of sp³-hybridized carbons (Fsp3) is 0.269. The van der Waals surface area contributed by atoms with Crippen molar-refractivity contribution in [3.8, 4) is 28.7 Å². The highest BCUT2D eigenvalue weighted by Gasteiger charge is 2.23. The monoisotopic (exact) mass is 516 g/mol. The number of nitriles is 1. The third-order valence-electron chi connectivity index (χ3n) is 5.68. The van der Waals surface area contributed by atoms with Crippen LogP contribution in [0.5, 0.6) is 11.5 Å². The number of pyridine rings is 2. The molecule has 0 aliphatic carbocycles. The lowest BCUT2D eigenvalue weighted by Gasteiger charge is -2.17. The Labute approximate surface area is 218 Å². The van der Waals surface area contributed by atoms with Crippen molar-refractivity contribution >= 4 is 29.2 Å². The summed E-state index contributed by atoms with van der Waals surface area (Å²) in [5.41, 5.74) is 8.55. The van der Waals surface area contributed by atoms with Crippen molar-refractivity contribution < 1.29 is 19.0 Å². The number of carbonyl (C=O) groups is 1. The van der Waals surface area contributed by atoms with E-state index >= 15 is 0 Å². The summed E-state index contributed by atoms with van der Waals surface area (Å²) in [6, 6.07) is 10.9. The number of hydrogen-bond acceptors (Lipinski definition) is 9. The SMILES string of the molecule is [C-]#[N+]c1c(N)nc(SCc2ccnc(C(=O)NC)c2)c(C#N)c1-c1ccc(OC2CCOC2)c(OC)c1. The summed E-state index contributed by atoms with van der Waals surface area (Å²) in [6.45, 7) is 8.86. The van der Waals surface area contributed by atoms with Gasteiger partial charge < -0.3 is 25.3 Å². The molecule has 1 fully saturated rings. The summed E-state index contributed by atoms with van der Waals surface area (Å²) >= 11 is 1.28. The molecule has 1 aliphatic heterocycles. The molecule has 1 unspecified atom stereocenters. The second-order valence-corrected chi connectivity index (χ2v) is 8.97. The van der Waals surface area contributed by atoms with E-state index in [4.69, 9.17) is 26.5 Å². The van der Waals surface area contributed by atoms with Crippen LogP contribution in [0, 0.1) is 17.9 Å². The Morgan fingerprint density at radius 1 is 1.38 bits per heavy atom. The molecule has 0 radical (unpaired) electrons. The fourth-order valence-electron chi connectivity index (χ4n) is 3.85. The zero-order chi connectivity index (χ0) is 26.4. The number of ether oxygens (including phenoxy) is 3. The number of nitrogens with one attached hydrogen (secondary N) is 1. The topological polar surface area (TPSA) is 137 Å². The van der Waals surface area contributed by atoms with Gasteiger partial charge in [-0.2, -0.15) is 5.26 Å². The van der Waals surface area contributed by atoms with E-state index < -0.39 is 0 Å². The lowest BCUT2D eigenvalue weighted by atomic mass is 9.99. The van der Waals surface area contributed by atoms with Crippen LogP contribution in [0.2, 0.25) is 0 Å². The van der Waals surface area contributed by atoms with Crippen LogP contribution in [0.1, 0.15) is 28.0 Å². The minimum atomic E-state index is -0.294. The van der Waals surface area contributed by atoms with Crippen molar-refractivity contribution in [2.24, 2.45) is 0 Å². The van der Waals surface area contributed by atoms with E-state index in [0.29, 0.717) is 46.6 Å². The van der Waals surface area contributed by atoms with E-state index in [0.717, 1.165) is 12.0 Å². The molecule has 3 N–H and O–H groups in total. The maximum absolute atomic E-state index is 11.9. The first-order chi connectivity index (χ1) is 18.0. The number of amides is 1. The van der Waals surface area contributed by atoms with Gasteiger partial charge in [-0.05, 0) is 35.4 Å². The van der Waals surface area contributed by atoms with E-state index in [1.54, 1.807) is 36.5 Å². The molecule has 3 aromatic rings. The highest BCUT2D eigenvalue weighted by atomic mass is 32.2. The second-order valence-electron chi connectivity index (χ2n) is 8.01. The molecule has 1 atom stereocenters. The molecule has 10 nitrogen and oxygen atoms in total. The summed E-state index contributed by atoms with van der Waals surface area (Å²) in [7, 11) is 3.07. The molecule has 4 rings (SSSR count). The number of benzene rings is 1. The third kappa shape index (κ3) is 5.59. The molecule has 37 heavy (non-hydrogen) atoms. The molecule has 1 amide bonds. The Hall–Kier alpha value is -4.32. The Morgan fingerprint density at radius 2 is 2.22 bits per heavy atom. The van der Waals surface area contributed by atoms with Crippen LogP contribution >= 0.6 is 11.8 Å². The van der Waals surface area contributed by atoms with Gasteiger partial charge in [0.05, 0.1) is 32.5 Å². The van der Waals surface area contributed by atoms with Gasteiger partial charge in [0.2, 0.25) is 5.69 Å². The van der Waals surface area contributed by atoms with Crippen molar-refractivity contribution in [3.63, 3.8) is 0 Å². The summed E-state index contributed by atoms with van der Waals surface area (Å²) in [5, 5.41) is 13.0. The average molecular weight is 517 g/mol. The fourth-order valence-corrected chi connectivity index (χ4v) is 4.79. The second kappa shape index (κ2) is 11.6. The summed E-state index contributed by atoms with van der Waals surface area (Å²) in [6.07, 6.45) is 2.27. The quantitative estimate of drug-likeness (QED) is 0.336. The van der Waals surface area contributed by atoms with Crippen molar-refractivity contribution in [2.75, 3.05) is 33.1 Å². The summed E-state index contributed by atoms with van der Waals surface area (Å²) < 4.78 is 17.0. The lowest BCUT2D eigenvalue weighted by Crippen LogP contribution is -2.19. The van der Waals surface area contributed by atoms with Crippen molar-refractivity contribution in [1.82, 2.24) is 15.3 Å². The predicted octanol–water partition coefficient (Wildman–Crippen LogP) is 3.98. The zero-order valence-corrected chi connectivity index (χ0v) is 21.1. The van der Waals surface area contributed by atoms with Crippen LogP contribution < -0.4 is 20.5 Å². The van der Waals surface area contributed by atoms with Crippen molar-refractivity contribution in [3.05, 3.63) is 64.8 Å². The summed E-state index contributed by atoms with van der Waals surface area (Å²) in [5.74, 6) is 1.15. The van der Waals surface area contributed by atoms with Gasteiger partial charge in [0.15, 0.2) is 11.5 Å². The van der Waals surface area contributed by atoms with Gasteiger partial charge >= 0.3 is 0 Å². The zero-order valence-electron chi connectivity index (χ0n) is 20.3. The third-order valence-corrected chi connectivity index (χ3v) is 6.73. The van der Waals surface area contributed by atoms with E-state index in [1.807, 2.05) is 0 Å². The van der Waals surface area contributed by atoms with Crippen LogP contribution in [0.4, 0.5) is 11.5 Å². The Balaban J connectivity index is 1.71. The number of nitrogen functional groups attached to an aromatic ring is 1. The van der Waals surface area contributed by atoms with E-state index in [2.05, 4.69) is 26.2 Å². The van der Waals surface area contributed by atoms with Crippen molar-refractivity contribution in [1.29, 1.82) is 5.26 Å². The minimum Gasteiger partial charge on any atom is -0.493 e. The van der Waals surface area contributed by atoms with E-state index in [-0.39, 0.29) is 34.8 Å². The molecular formula is C26H24N6O4S. The number of methoxy groups -OCH3 is 1. The van der Waals surface area contributed by atoms with Crippen LogP contribution in [-0.4, -0.2) is 49.4 Å². The van der Waals surface area contributed by atoms with Crippen LogP contribution in [-0.2, 0) is 10.5 Å². The first kappa shape index (κ1) is 25.8. The standard InChI is InChI=1S/C26H24N6O4S/c1-29-23-22(16-4-5-20(21(11-16)34-3)36-17-7-9-35-13-17)18(12-27)26(32-24(23)28)37-14-15-6-8-31-19(10-15)25(33)30-2/h4-6,8,10-11,17H,7,9,13-14H2,2-3H3,(H2,28,32)(H,30,33). The molecular weight excluding hydrogens is 492 g/mol.